The van der Waals surface area contributed by atoms with Gasteiger partial charge in [-0.05, 0) is 25.2 Å². The Kier molecular flexibility index (Phi) is 5.26. The van der Waals surface area contributed by atoms with Crippen molar-refractivity contribution in [3.05, 3.63) is 0 Å². The average Bonchev–Trinajstić information content (AvgIpc) is 2.28. The lowest BCUT2D eigenvalue weighted by Gasteiger charge is -2.40. The molecule has 0 saturated carbocycles. The normalized spacial score (nSPS) is 27.9. The molecule has 3 atom stereocenters. The van der Waals surface area contributed by atoms with Gasteiger partial charge in [-0.3, -0.25) is 4.79 Å². The molecule has 0 aromatic heterocycles. The van der Waals surface area contributed by atoms with E-state index in [1.54, 1.807) is 0 Å². The highest BCUT2D eigenvalue weighted by molar-refractivity contribution is 5.79. The highest BCUT2D eigenvalue weighted by atomic mass is 16.2. The van der Waals surface area contributed by atoms with Crippen molar-refractivity contribution in [2.75, 3.05) is 13.1 Å². The molecule has 3 unspecified atom stereocenters. The fraction of sp³-hybridized carbons (Fsp3) is 0.923. The fourth-order valence-corrected chi connectivity index (χ4v) is 2.72. The predicted molar refractivity (Wildman–Crippen MR) is 67.0 cm³/mol. The minimum Gasteiger partial charge on any atom is -0.338 e. The van der Waals surface area contributed by atoms with Crippen molar-refractivity contribution in [2.45, 2.75) is 52.5 Å². The van der Waals surface area contributed by atoms with Crippen LogP contribution in [0.2, 0.25) is 0 Å². The molecule has 0 aromatic carbocycles. The van der Waals surface area contributed by atoms with E-state index < -0.39 is 0 Å². The van der Waals surface area contributed by atoms with Crippen LogP contribution >= 0.6 is 0 Å². The Morgan fingerprint density at radius 3 is 2.81 bits per heavy atom. The molecule has 1 heterocycles. The summed E-state index contributed by atoms with van der Waals surface area (Å²) in [6.07, 6.45) is 4.39. The molecule has 0 aliphatic carbocycles. The van der Waals surface area contributed by atoms with Crippen LogP contribution in [-0.2, 0) is 4.79 Å². The number of nitrogens with zero attached hydrogens (tertiary/aromatic N) is 1. The Morgan fingerprint density at radius 2 is 2.25 bits per heavy atom. The highest BCUT2D eigenvalue weighted by Gasteiger charge is 2.32. The van der Waals surface area contributed by atoms with Crippen molar-refractivity contribution in [3.8, 4) is 0 Å². The Hall–Kier alpha value is -0.570. The third-order valence-electron chi connectivity index (χ3n) is 3.78. The van der Waals surface area contributed by atoms with Crippen molar-refractivity contribution in [1.29, 1.82) is 0 Å². The molecule has 1 aliphatic rings. The second kappa shape index (κ2) is 6.24. The molecule has 0 spiro atoms. The third-order valence-corrected chi connectivity index (χ3v) is 3.78. The van der Waals surface area contributed by atoms with Crippen LogP contribution in [0.3, 0.4) is 0 Å². The number of rotatable bonds is 4. The lowest BCUT2D eigenvalue weighted by Crippen LogP contribution is -2.52. The standard InChI is InChI=1S/C13H26N2O/c1-4-6-11(3)13(16)15-8-5-7-10(2)12(15)9-14/h10-12H,4-9,14H2,1-3H3. The van der Waals surface area contributed by atoms with Crippen molar-refractivity contribution < 1.29 is 4.79 Å². The minimum absolute atomic E-state index is 0.157. The van der Waals surface area contributed by atoms with Gasteiger partial charge in [0.15, 0.2) is 0 Å². The summed E-state index contributed by atoms with van der Waals surface area (Å²) in [5.41, 5.74) is 5.80. The van der Waals surface area contributed by atoms with Crippen LogP contribution in [0.4, 0.5) is 0 Å². The topological polar surface area (TPSA) is 46.3 Å². The molecule has 1 fully saturated rings. The van der Waals surface area contributed by atoms with E-state index in [9.17, 15) is 4.79 Å². The number of likely N-dealkylation sites (tertiary alicyclic amines) is 1. The zero-order chi connectivity index (χ0) is 12.1. The van der Waals surface area contributed by atoms with Crippen LogP contribution in [0.5, 0.6) is 0 Å². The van der Waals surface area contributed by atoms with Crippen LogP contribution in [0.25, 0.3) is 0 Å². The number of carbonyl (C=O) groups excluding carboxylic acids is 1. The van der Waals surface area contributed by atoms with E-state index >= 15 is 0 Å². The van der Waals surface area contributed by atoms with Gasteiger partial charge in [-0.2, -0.15) is 0 Å². The predicted octanol–water partition coefficient (Wildman–Crippen LogP) is 2.01. The van der Waals surface area contributed by atoms with Gasteiger partial charge in [0, 0.05) is 25.0 Å². The average molecular weight is 226 g/mol. The summed E-state index contributed by atoms with van der Waals surface area (Å²) in [7, 11) is 0. The monoisotopic (exact) mass is 226 g/mol. The number of carbonyl (C=O) groups is 1. The van der Waals surface area contributed by atoms with Gasteiger partial charge in [0.05, 0.1) is 0 Å². The molecule has 3 nitrogen and oxygen atoms in total. The van der Waals surface area contributed by atoms with Gasteiger partial charge >= 0.3 is 0 Å². The lowest BCUT2D eigenvalue weighted by molar-refractivity contribution is -0.140. The van der Waals surface area contributed by atoms with E-state index in [2.05, 4.69) is 13.8 Å². The van der Waals surface area contributed by atoms with Gasteiger partial charge in [-0.15, -0.1) is 0 Å². The Labute approximate surface area is 99.4 Å². The van der Waals surface area contributed by atoms with Gasteiger partial charge in [0.25, 0.3) is 0 Å². The van der Waals surface area contributed by atoms with E-state index in [-0.39, 0.29) is 12.0 Å². The molecule has 3 heteroatoms. The Bertz CT molecular complexity index is 230. The maximum atomic E-state index is 12.3. The second-order valence-electron chi connectivity index (χ2n) is 5.14. The first-order valence-electron chi connectivity index (χ1n) is 6.62. The molecule has 0 bridgehead atoms. The third kappa shape index (κ3) is 2.97. The van der Waals surface area contributed by atoms with Gasteiger partial charge in [-0.1, -0.05) is 27.2 Å². The summed E-state index contributed by atoms with van der Waals surface area (Å²) in [6, 6.07) is 0.264. The number of amides is 1. The molecular formula is C13H26N2O. The van der Waals surface area contributed by atoms with Gasteiger partial charge in [-0.25, -0.2) is 0 Å². The van der Waals surface area contributed by atoms with E-state index in [0.717, 1.165) is 25.8 Å². The number of nitrogens with two attached hydrogens (primary N) is 1. The molecule has 94 valence electrons. The molecule has 0 aromatic rings. The van der Waals surface area contributed by atoms with Crippen LogP contribution in [0, 0.1) is 11.8 Å². The van der Waals surface area contributed by atoms with Crippen molar-refractivity contribution in [3.63, 3.8) is 0 Å². The molecule has 1 amide bonds. The summed E-state index contributed by atoms with van der Waals surface area (Å²) >= 11 is 0. The lowest BCUT2D eigenvalue weighted by atomic mass is 9.89. The van der Waals surface area contributed by atoms with Crippen LogP contribution in [0.1, 0.15) is 46.5 Å². The quantitative estimate of drug-likeness (QED) is 0.797. The first-order chi connectivity index (χ1) is 7.61. The molecule has 2 N–H and O–H groups in total. The molecule has 1 aliphatic heterocycles. The van der Waals surface area contributed by atoms with E-state index in [1.165, 1.54) is 6.42 Å². The Morgan fingerprint density at radius 1 is 1.56 bits per heavy atom. The smallest absolute Gasteiger partial charge is 0.225 e. The molecular weight excluding hydrogens is 200 g/mol. The summed E-state index contributed by atoms with van der Waals surface area (Å²) in [5, 5.41) is 0. The highest BCUT2D eigenvalue weighted by Crippen LogP contribution is 2.24. The van der Waals surface area contributed by atoms with E-state index in [4.69, 9.17) is 5.73 Å². The molecule has 16 heavy (non-hydrogen) atoms. The zero-order valence-electron chi connectivity index (χ0n) is 10.9. The molecule has 0 radical (unpaired) electrons. The number of hydrogen-bond donors (Lipinski definition) is 1. The number of hydrogen-bond acceptors (Lipinski definition) is 2. The van der Waals surface area contributed by atoms with Crippen LogP contribution < -0.4 is 5.73 Å². The largest absolute Gasteiger partial charge is 0.338 e. The maximum Gasteiger partial charge on any atom is 0.225 e. The van der Waals surface area contributed by atoms with Crippen molar-refractivity contribution >= 4 is 5.91 Å². The van der Waals surface area contributed by atoms with E-state index in [1.807, 2.05) is 11.8 Å². The van der Waals surface area contributed by atoms with Crippen LogP contribution in [0.15, 0.2) is 0 Å². The van der Waals surface area contributed by atoms with E-state index in [0.29, 0.717) is 18.4 Å². The minimum atomic E-state index is 0.157. The van der Waals surface area contributed by atoms with Gasteiger partial charge in [0.2, 0.25) is 5.91 Å². The summed E-state index contributed by atoms with van der Waals surface area (Å²) in [4.78, 5) is 14.3. The first-order valence-corrected chi connectivity index (χ1v) is 6.62. The SMILES string of the molecule is CCCC(C)C(=O)N1CCCC(C)C1CN. The summed E-state index contributed by atoms with van der Waals surface area (Å²) < 4.78 is 0. The maximum absolute atomic E-state index is 12.3. The molecule has 1 saturated heterocycles. The van der Waals surface area contributed by atoms with Crippen LogP contribution in [-0.4, -0.2) is 29.9 Å². The molecule has 1 rings (SSSR count). The Balaban J connectivity index is 2.65. The fourth-order valence-electron chi connectivity index (χ4n) is 2.72. The van der Waals surface area contributed by atoms with Gasteiger partial charge in [0.1, 0.15) is 0 Å². The number of piperidine rings is 1. The summed E-state index contributed by atoms with van der Waals surface area (Å²) in [6.45, 7) is 7.88. The second-order valence-corrected chi connectivity index (χ2v) is 5.14. The summed E-state index contributed by atoms with van der Waals surface area (Å²) in [5.74, 6) is 1.02. The van der Waals surface area contributed by atoms with Gasteiger partial charge < -0.3 is 10.6 Å². The first kappa shape index (κ1) is 13.5. The zero-order valence-corrected chi connectivity index (χ0v) is 10.9. The van der Waals surface area contributed by atoms with Crippen molar-refractivity contribution in [2.24, 2.45) is 17.6 Å². The van der Waals surface area contributed by atoms with Crippen molar-refractivity contribution in [1.82, 2.24) is 4.90 Å².